The van der Waals surface area contributed by atoms with E-state index in [0.29, 0.717) is 5.56 Å². The third-order valence-electron chi connectivity index (χ3n) is 1.89. The summed E-state index contributed by atoms with van der Waals surface area (Å²) in [5.74, 6) is -0.0200. The molecule has 0 saturated carbocycles. The number of phenols is 1. The Labute approximate surface area is 91.4 Å². The second kappa shape index (κ2) is 3.36. The number of aliphatic imine (C=N–C) groups is 1. The molecular formula is C9H6ClNO3S. The van der Waals surface area contributed by atoms with Crippen LogP contribution in [-0.2, 0) is 9.84 Å². The highest BCUT2D eigenvalue weighted by atomic mass is 35.5. The summed E-state index contributed by atoms with van der Waals surface area (Å²) in [5, 5.41) is 9.07. The van der Waals surface area contributed by atoms with Crippen LogP contribution in [0, 0.1) is 0 Å². The summed E-state index contributed by atoms with van der Waals surface area (Å²) in [4.78, 5) is 3.70. The number of sulfone groups is 1. The van der Waals surface area contributed by atoms with E-state index in [9.17, 15) is 13.5 Å². The van der Waals surface area contributed by atoms with Gasteiger partial charge in [0, 0.05) is 5.56 Å². The zero-order chi connectivity index (χ0) is 11.1. The summed E-state index contributed by atoms with van der Waals surface area (Å²) in [6, 6.07) is 5.84. The van der Waals surface area contributed by atoms with Gasteiger partial charge >= 0.3 is 0 Å². The van der Waals surface area contributed by atoms with Gasteiger partial charge in [-0.05, 0) is 12.1 Å². The van der Waals surface area contributed by atoms with Gasteiger partial charge in [0.1, 0.15) is 5.75 Å². The van der Waals surface area contributed by atoms with Crippen molar-refractivity contribution in [2.75, 3.05) is 0 Å². The second-order valence-electron chi connectivity index (χ2n) is 2.92. The third kappa shape index (κ3) is 1.64. The Balaban J connectivity index is 2.54. The van der Waals surface area contributed by atoms with Crippen LogP contribution in [0.25, 0.3) is 0 Å². The van der Waals surface area contributed by atoms with E-state index in [4.69, 9.17) is 11.6 Å². The minimum absolute atomic E-state index is 0.0200. The molecular weight excluding hydrogens is 238 g/mol. The van der Waals surface area contributed by atoms with E-state index < -0.39 is 9.84 Å². The Morgan fingerprint density at radius 3 is 2.60 bits per heavy atom. The normalized spacial score (nSPS) is 18.5. The molecule has 1 aromatic carbocycles. The summed E-state index contributed by atoms with van der Waals surface area (Å²) in [5.41, 5.74) is 0.321. The predicted molar refractivity (Wildman–Crippen MR) is 57.5 cm³/mol. The summed E-state index contributed by atoms with van der Waals surface area (Å²) in [6.07, 6.45) is 1.08. The van der Waals surface area contributed by atoms with Crippen LogP contribution in [0.2, 0.25) is 0 Å². The molecule has 0 aliphatic carbocycles. The Kier molecular flexibility index (Phi) is 2.28. The zero-order valence-electron chi connectivity index (χ0n) is 7.38. The number of benzene rings is 1. The van der Waals surface area contributed by atoms with Gasteiger partial charge in [-0.1, -0.05) is 23.7 Å². The lowest BCUT2D eigenvalue weighted by Gasteiger charge is -2.01. The summed E-state index contributed by atoms with van der Waals surface area (Å²) < 4.78 is 22.9. The van der Waals surface area contributed by atoms with Crippen molar-refractivity contribution in [1.82, 2.24) is 0 Å². The van der Waals surface area contributed by atoms with Crippen molar-refractivity contribution in [3.05, 3.63) is 40.4 Å². The highest BCUT2D eigenvalue weighted by Crippen LogP contribution is 2.25. The molecule has 0 unspecified atom stereocenters. The van der Waals surface area contributed by atoms with Crippen LogP contribution in [0.1, 0.15) is 5.56 Å². The van der Waals surface area contributed by atoms with Crippen LogP contribution in [0.3, 0.4) is 0 Å². The van der Waals surface area contributed by atoms with E-state index in [1.807, 2.05) is 0 Å². The third-order valence-corrected chi connectivity index (χ3v) is 4.06. The molecule has 0 spiro atoms. The molecule has 1 heterocycles. The maximum Gasteiger partial charge on any atom is 0.236 e. The summed E-state index contributed by atoms with van der Waals surface area (Å²) >= 11 is 5.48. The lowest BCUT2D eigenvalue weighted by atomic mass is 10.2. The number of phenolic OH excluding ortho intramolecular Hbond substituents is 1. The molecule has 15 heavy (non-hydrogen) atoms. The maximum absolute atomic E-state index is 11.6. The van der Waals surface area contributed by atoms with Crippen molar-refractivity contribution in [2.45, 2.75) is 0 Å². The average Bonchev–Trinajstić information content (AvgIpc) is 2.42. The van der Waals surface area contributed by atoms with E-state index in [1.54, 1.807) is 6.07 Å². The number of hydrogen-bond donors (Lipinski definition) is 1. The fourth-order valence-electron chi connectivity index (χ4n) is 1.21. The van der Waals surface area contributed by atoms with Gasteiger partial charge in [-0.25, -0.2) is 13.4 Å². The second-order valence-corrected chi connectivity index (χ2v) is 5.39. The fourth-order valence-corrected chi connectivity index (χ4v) is 2.48. The van der Waals surface area contributed by atoms with E-state index in [-0.39, 0.29) is 15.2 Å². The van der Waals surface area contributed by atoms with Crippen molar-refractivity contribution < 1.29 is 13.5 Å². The van der Waals surface area contributed by atoms with E-state index in [0.717, 1.165) is 6.20 Å². The first-order valence-electron chi connectivity index (χ1n) is 4.00. The number of hydrogen-bond acceptors (Lipinski definition) is 4. The molecule has 1 aliphatic heterocycles. The standard InChI is InChI=1S/C9H6ClNO3S/c10-8-5-11-9(15(8,13)14)6-2-1-3-7(12)4-6/h1-5,12H. The van der Waals surface area contributed by atoms with Gasteiger partial charge in [-0.15, -0.1) is 0 Å². The molecule has 0 aromatic heterocycles. The monoisotopic (exact) mass is 243 g/mol. The lowest BCUT2D eigenvalue weighted by Crippen LogP contribution is -2.12. The van der Waals surface area contributed by atoms with Crippen molar-refractivity contribution in [3.63, 3.8) is 0 Å². The Morgan fingerprint density at radius 2 is 2.07 bits per heavy atom. The van der Waals surface area contributed by atoms with Gasteiger partial charge in [0.25, 0.3) is 0 Å². The van der Waals surface area contributed by atoms with Crippen LogP contribution in [0.15, 0.2) is 39.8 Å². The minimum atomic E-state index is -3.67. The first kappa shape index (κ1) is 10.2. The highest BCUT2D eigenvalue weighted by molar-refractivity contribution is 8.11. The quantitative estimate of drug-likeness (QED) is 0.815. The van der Waals surface area contributed by atoms with Crippen molar-refractivity contribution in [1.29, 1.82) is 0 Å². The van der Waals surface area contributed by atoms with E-state index in [2.05, 4.69) is 4.99 Å². The SMILES string of the molecule is O=S1(=O)C(Cl)=CN=C1c1cccc(O)c1. The minimum Gasteiger partial charge on any atom is -0.508 e. The molecule has 1 aromatic rings. The number of halogens is 1. The van der Waals surface area contributed by atoms with Gasteiger partial charge in [0.15, 0.2) is 9.41 Å². The van der Waals surface area contributed by atoms with Gasteiger partial charge in [0.2, 0.25) is 9.84 Å². The van der Waals surface area contributed by atoms with Gasteiger partial charge < -0.3 is 5.11 Å². The average molecular weight is 244 g/mol. The molecule has 0 radical (unpaired) electrons. The van der Waals surface area contributed by atoms with Crippen LogP contribution >= 0.6 is 11.6 Å². The molecule has 1 aliphatic rings. The van der Waals surface area contributed by atoms with Crippen LogP contribution < -0.4 is 0 Å². The molecule has 0 bridgehead atoms. The topological polar surface area (TPSA) is 66.7 Å². The molecule has 0 fully saturated rings. The van der Waals surface area contributed by atoms with Gasteiger partial charge in [0.05, 0.1) is 6.20 Å². The molecule has 0 saturated heterocycles. The number of aromatic hydroxyl groups is 1. The Bertz CT molecular complexity index is 575. The Hall–Kier alpha value is -1.33. The van der Waals surface area contributed by atoms with Crippen molar-refractivity contribution in [2.24, 2.45) is 4.99 Å². The van der Waals surface area contributed by atoms with Crippen molar-refractivity contribution >= 4 is 26.5 Å². The lowest BCUT2D eigenvalue weighted by molar-refractivity contribution is 0.475. The molecule has 0 amide bonds. The molecule has 0 atom stereocenters. The van der Waals surface area contributed by atoms with E-state index in [1.165, 1.54) is 18.2 Å². The van der Waals surface area contributed by atoms with Gasteiger partial charge in [-0.2, -0.15) is 0 Å². The predicted octanol–water partition coefficient (Wildman–Crippen LogP) is 1.60. The largest absolute Gasteiger partial charge is 0.508 e. The Morgan fingerprint density at radius 1 is 1.33 bits per heavy atom. The molecule has 4 nitrogen and oxygen atoms in total. The van der Waals surface area contributed by atoms with Crippen LogP contribution in [0.4, 0.5) is 0 Å². The molecule has 1 N–H and O–H groups in total. The highest BCUT2D eigenvalue weighted by Gasteiger charge is 2.29. The molecule has 78 valence electrons. The van der Waals surface area contributed by atoms with E-state index >= 15 is 0 Å². The first-order chi connectivity index (χ1) is 7.01. The smallest absolute Gasteiger partial charge is 0.236 e. The molecule has 2 rings (SSSR count). The van der Waals surface area contributed by atoms with Crippen LogP contribution in [0.5, 0.6) is 5.75 Å². The first-order valence-corrected chi connectivity index (χ1v) is 5.86. The zero-order valence-corrected chi connectivity index (χ0v) is 8.96. The number of rotatable bonds is 1. The fraction of sp³-hybridized carbons (Fsp3) is 0. The number of nitrogens with zero attached hydrogens (tertiary/aromatic N) is 1. The molecule has 6 heteroatoms. The summed E-state index contributed by atoms with van der Waals surface area (Å²) in [6.45, 7) is 0. The summed E-state index contributed by atoms with van der Waals surface area (Å²) in [7, 11) is -3.67. The van der Waals surface area contributed by atoms with Crippen LogP contribution in [-0.4, -0.2) is 18.6 Å². The maximum atomic E-state index is 11.6. The van der Waals surface area contributed by atoms with Gasteiger partial charge in [-0.3, -0.25) is 0 Å². The van der Waals surface area contributed by atoms with Crippen molar-refractivity contribution in [3.8, 4) is 5.75 Å².